The third-order valence-corrected chi connectivity index (χ3v) is 2.68. The molecule has 2 aromatic rings. The summed E-state index contributed by atoms with van der Waals surface area (Å²) < 4.78 is 20.3. The second-order valence-electron chi connectivity index (χ2n) is 2.90. The van der Waals surface area contributed by atoms with Gasteiger partial charge >= 0.3 is 0 Å². The predicted molar refractivity (Wildman–Crippen MR) is 57.8 cm³/mol. The summed E-state index contributed by atoms with van der Waals surface area (Å²) >= 11 is 3.33. The van der Waals surface area contributed by atoms with Crippen LogP contribution in [-0.2, 0) is 0 Å². The molecular formula is C10H8BrFN2O. The third kappa shape index (κ3) is 1.87. The van der Waals surface area contributed by atoms with Crippen LogP contribution in [-0.4, -0.2) is 16.9 Å². The number of hydrogen-bond donors (Lipinski definition) is 0. The minimum atomic E-state index is -0.297. The van der Waals surface area contributed by atoms with Crippen molar-refractivity contribution in [3.8, 4) is 11.4 Å². The van der Waals surface area contributed by atoms with Crippen LogP contribution in [0.2, 0.25) is 0 Å². The highest BCUT2D eigenvalue weighted by Gasteiger charge is 2.09. The SMILES string of the molecule is COc1cnn(-c2cccc(F)c2)c1Br. The van der Waals surface area contributed by atoms with Crippen molar-refractivity contribution in [3.05, 3.63) is 40.9 Å². The van der Waals surface area contributed by atoms with Gasteiger partial charge in [0, 0.05) is 0 Å². The van der Waals surface area contributed by atoms with Crippen molar-refractivity contribution < 1.29 is 9.13 Å². The molecule has 0 saturated carbocycles. The predicted octanol–water partition coefficient (Wildman–Crippen LogP) is 2.78. The first-order valence-corrected chi connectivity index (χ1v) is 5.05. The van der Waals surface area contributed by atoms with Gasteiger partial charge in [0.1, 0.15) is 5.82 Å². The zero-order valence-corrected chi connectivity index (χ0v) is 9.53. The van der Waals surface area contributed by atoms with E-state index in [-0.39, 0.29) is 5.82 Å². The molecule has 1 aromatic heterocycles. The van der Waals surface area contributed by atoms with Crippen LogP contribution in [0.3, 0.4) is 0 Å². The molecule has 5 heteroatoms. The average molecular weight is 271 g/mol. The van der Waals surface area contributed by atoms with Crippen LogP contribution in [0.5, 0.6) is 5.75 Å². The Bertz CT molecular complexity index is 484. The molecule has 78 valence electrons. The smallest absolute Gasteiger partial charge is 0.171 e. The van der Waals surface area contributed by atoms with Crippen LogP contribution in [0.4, 0.5) is 4.39 Å². The fourth-order valence-electron chi connectivity index (χ4n) is 1.24. The number of benzene rings is 1. The summed E-state index contributed by atoms with van der Waals surface area (Å²) in [5.41, 5.74) is 0.644. The molecule has 0 bridgehead atoms. The fraction of sp³-hybridized carbons (Fsp3) is 0.100. The molecule has 0 radical (unpaired) electrons. The number of aromatic nitrogens is 2. The van der Waals surface area contributed by atoms with E-state index in [9.17, 15) is 4.39 Å². The van der Waals surface area contributed by atoms with Gasteiger partial charge in [0.2, 0.25) is 0 Å². The molecule has 0 saturated heterocycles. The van der Waals surface area contributed by atoms with Gasteiger partial charge in [-0.25, -0.2) is 9.07 Å². The maximum Gasteiger partial charge on any atom is 0.171 e. The quantitative estimate of drug-likeness (QED) is 0.839. The molecule has 2 rings (SSSR count). The summed E-state index contributed by atoms with van der Waals surface area (Å²) in [5, 5.41) is 4.08. The van der Waals surface area contributed by atoms with E-state index in [1.807, 2.05) is 0 Å². The Kier molecular flexibility index (Phi) is 2.73. The summed E-state index contributed by atoms with van der Waals surface area (Å²) in [7, 11) is 1.55. The van der Waals surface area contributed by atoms with Crippen molar-refractivity contribution in [2.24, 2.45) is 0 Å². The molecule has 0 aliphatic heterocycles. The van der Waals surface area contributed by atoms with Gasteiger partial charge in [-0.3, -0.25) is 0 Å². The van der Waals surface area contributed by atoms with Crippen molar-refractivity contribution in [3.63, 3.8) is 0 Å². The Morgan fingerprint density at radius 1 is 1.47 bits per heavy atom. The highest BCUT2D eigenvalue weighted by atomic mass is 79.9. The lowest BCUT2D eigenvalue weighted by Gasteiger charge is -2.03. The van der Waals surface area contributed by atoms with E-state index >= 15 is 0 Å². The lowest BCUT2D eigenvalue weighted by atomic mass is 10.3. The molecule has 0 unspecified atom stereocenters. The highest BCUT2D eigenvalue weighted by molar-refractivity contribution is 9.10. The molecule has 15 heavy (non-hydrogen) atoms. The van der Waals surface area contributed by atoms with E-state index in [0.29, 0.717) is 16.0 Å². The second-order valence-corrected chi connectivity index (χ2v) is 3.65. The Labute approximate surface area is 94.6 Å². The third-order valence-electron chi connectivity index (χ3n) is 1.95. The molecule has 0 atom stereocenters. The maximum absolute atomic E-state index is 13.0. The van der Waals surface area contributed by atoms with Crippen LogP contribution >= 0.6 is 15.9 Å². The molecule has 1 aromatic carbocycles. The van der Waals surface area contributed by atoms with Gasteiger partial charge in [-0.1, -0.05) is 6.07 Å². The van der Waals surface area contributed by atoms with E-state index in [4.69, 9.17) is 4.74 Å². The van der Waals surface area contributed by atoms with Crippen molar-refractivity contribution in [1.29, 1.82) is 0 Å². The number of ether oxygens (including phenoxy) is 1. The van der Waals surface area contributed by atoms with Crippen LogP contribution < -0.4 is 4.74 Å². The molecule has 0 N–H and O–H groups in total. The molecule has 1 heterocycles. The molecule has 0 amide bonds. The van der Waals surface area contributed by atoms with Crippen LogP contribution in [0.1, 0.15) is 0 Å². The van der Waals surface area contributed by atoms with Crippen LogP contribution in [0.15, 0.2) is 35.1 Å². The Morgan fingerprint density at radius 2 is 2.27 bits per heavy atom. The number of rotatable bonds is 2. The number of hydrogen-bond acceptors (Lipinski definition) is 2. The summed E-state index contributed by atoms with van der Waals surface area (Å²) in [6.07, 6.45) is 1.56. The van der Waals surface area contributed by atoms with Gasteiger partial charge in [-0.2, -0.15) is 5.10 Å². The van der Waals surface area contributed by atoms with E-state index in [1.165, 1.54) is 12.1 Å². The monoisotopic (exact) mass is 270 g/mol. The summed E-state index contributed by atoms with van der Waals surface area (Å²) in [4.78, 5) is 0. The Balaban J connectivity index is 2.49. The van der Waals surface area contributed by atoms with E-state index in [2.05, 4.69) is 21.0 Å². The Morgan fingerprint density at radius 3 is 2.87 bits per heavy atom. The topological polar surface area (TPSA) is 27.1 Å². The first-order chi connectivity index (χ1) is 7.22. The largest absolute Gasteiger partial charge is 0.492 e. The van der Waals surface area contributed by atoms with E-state index < -0.39 is 0 Å². The lowest BCUT2D eigenvalue weighted by Crippen LogP contribution is -1.96. The zero-order valence-electron chi connectivity index (χ0n) is 7.95. The van der Waals surface area contributed by atoms with E-state index in [1.54, 1.807) is 30.1 Å². The molecule has 0 aliphatic carbocycles. The van der Waals surface area contributed by atoms with Gasteiger partial charge < -0.3 is 4.74 Å². The Hall–Kier alpha value is -1.36. The summed E-state index contributed by atoms with van der Waals surface area (Å²) in [6.45, 7) is 0. The first kappa shape index (κ1) is 10.2. The van der Waals surface area contributed by atoms with Gasteiger partial charge in [0.15, 0.2) is 10.4 Å². The molecule has 0 aliphatic rings. The number of nitrogens with zero attached hydrogens (tertiary/aromatic N) is 2. The zero-order chi connectivity index (χ0) is 10.8. The molecular weight excluding hydrogens is 263 g/mol. The van der Waals surface area contributed by atoms with Crippen molar-refractivity contribution in [2.45, 2.75) is 0 Å². The molecule has 3 nitrogen and oxygen atoms in total. The van der Waals surface area contributed by atoms with Crippen LogP contribution in [0.25, 0.3) is 5.69 Å². The van der Waals surface area contributed by atoms with Crippen LogP contribution in [0, 0.1) is 5.82 Å². The fourth-order valence-corrected chi connectivity index (χ4v) is 1.80. The van der Waals surface area contributed by atoms with Crippen molar-refractivity contribution in [1.82, 2.24) is 9.78 Å². The second kappa shape index (κ2) is 4.02. The minimum absolute atomic E-state index is 0.297. The normalized spacial score (nSPS) is 10.3. The minimum Gasteiger partial charge on any atom is -0.492 e. The summed E-state index contributed by atoms with van der Waals surface area (Å²) in [6, 6.07) is 6.18. The van der Waals surface area contributed by atoms with Gasteiger partial charge in [-0.05, 0) is 34.1 Å². The maximum atomic E-state index is 13.0. The van der Waals surface area contributed by atoms with Crippen molar-refractivity contribution in [2.75, 3.05) is 7.11 Å². The highest BCUT2D eigenvalue weighted by Crippen LogP contribution is 2.26. The standard InChI is InChI=1S/C10H8BrFN2O/c1-15-9-6-13-14(10(9)11)8-4-2-3-7(12)5-8/h2-6H,1H3. The van der Waals surface area contributed by atoms with Gasteiger partial charge in [-0.15, -0.1) is 0 Å². The lowest BCUT2D eigenvalue weighted by molar-refractivity contribution is 0.411. The van der Waals surface area contributed by atoms with Gasteiger partial charge in [0.05, 0.1) is 19.0 Å². The first-order valence-electron chi connectivity index (χ1n) is 4.26. The molecule has 0 fully saturated rings. The summed E-state index contributed by atoms with van der Waals surface area (Å²) in [5.74, 6) is 0.313. The number of halogens is 2. The molecule has 0 spiro atoms. The van der Waals surface area contributed by atoms with E-state index in [0.717, 1.165) is 0 Å². The average Bonchev–Trinajstić information content (AvgIpc) is 2.59. The number of methoxy groups -OCH3 is 1. The van der Waals surface area contributed by atoms with Gasteiger partial charge in [0.25, 0.3) is 0 Å². The van der Waals surface area contributed by atoms with Crippen molar-refractivity contribution >= 4 is 15.9 Å².